The molecule has 0 aliphatic heterocycles. The number of carboxylic acids is 1. The molecule has 0 amide bonds. The SMILES string of the molecule is CC#Cc1ccc(CC(=O)O)c(C)c1. The molecule has 2 heteroatoms. The average Bonchev–Trinajstić information content (AvgIpc) is 2.10. The number of rotatable bonds is 2. The molecule has 72 valence electrons. The predicted octanol–water partition coefficient (Wildman–Crippen LogP) is 1.99. The Labute approximate surface area is 83.6 Å². The monoisotopic (exact) mass is 188 g/mol. The van der Waals surface area contributed by atoms with Crippen LogP contribution in [0.1, 0.15) is 23.6 Å². The second kappa shape index (κ2) is 4.48. The Balaban J connectivity index is 2.99. The van der Waals surface area contributed by atoms with Crippen molar-refractivity contribution in [3.05, 3.63) is 34.9 Å². The number of hydrogen-bond acceptors (Lipinski definition) is 1. The van der Waals surface area contributed by atoms with Gasteiger partial charge in [-0.1, -0.05) is 12.0 Å². The lowest BCUT2D eigenvalue weighted by Crippen LogP contribution is -2.01. The van der Waals surface area contributed by atoms with Crippen molar-refractivity contribution in [2.45, 2.75) is 20.3 Å². The molecule has 0 saturated heterocycles. The van der Waals surface area contributed by atoms with Crippen LogP contribution in [0.4, 0.5) is 0 Å². The Morgan fingerprint density at radius 3 is 2.71 bits per heavy atom. The van der Waals surface area contributed by atoms with Crippen molar-refractivity contribution in [1.82, 2.24) is 0 Å². The zero-order valence-corrected chi connectivity index (χ0v) is 8.29. The van der Waals surface area contributed by atoms with E-state index in [9.17, 15) is 4.79 Å². The minimum Gasteiger partial charge on any atom is -0.481 e. The topological polar surface area (TPSA) is 37.3 Å². The summed E-state index contributed by atoms with van der Waals surface area (Å²) < 4.78 is 0. The summed E-state index contributed by atoms with van der Waals surface area (Å²) in [6.45, 7) is 3.68. The summed E-state index contributed by atoms with van der Waals surface area (Å²) in [4.78, 5) is 10.5. The maximum atomic E-state index is 10.5. The highest BCUT2D eigenvalue weighted by atomic mass is 16.4. The van der Waals surface area contributed by atoms with Gasteiger partial charge in [-0.2, -0.15) is 0 Å². The van der Waals surface area contributed by atoms with Crippen LogP contribution in [-0.2, 0) is 11.2 Å². The molecule has 0 atom stereocenters. The molecule has 0 unspecified atom stereocenters. The first kappa shape index (κ1) is 10.3. The van der Waals surface area contributed by atoms with E-state index in [2.05, 4.69) is 11.8 Å². The lowest BCUT2D eigenvalue weighted by Gasteiger charge is -2.02. The fourth-order valence-corrected chi connectivity index (χ4v) is 1.28. The summed E-state index contributed by atoms with van der Waals surface area (Å²) in [6, 6.07) is 5.58. The third kappa shape index (κ3) is 2.63. The smallest absolute Gasteiger partial charge is 0.307 e. The van der Waals surface area contributed by atoms with E-state index in [1.54, 1.807) is 6.92 Å². The van der Waals surface area contributed by atoms with E-state index in [4.69, 9.17) is 5.11 Å². The van der Waals surface area contributed by atoms with Crippen LogP contribution in [0.25, 0.3) is 0 Å². The van der Waals surface area contributed by atoms with Crippen molar-refractivity contribution in [2.24, 2.45) is 0 Å². The van der Waals surface area contributed by atoms with Crippen LogP contribution in [0.3, 0.4) is 0 Å². The molecular formula is C12H12O2. The number of hydrogen-bond donors (Lipinski definition) is 1. The van der Waals surface area contributed by atoms with E-state index in [0.717, 1.165) is 16.7 Å². The number of benzene rings is 1. The first-order valence-corrected chi connectivity index (χ1v) is 4.37. The van der Waals surface area contributed by atoms with Crippen LogP contribution in [-0.4, -0.2) is 11.1 Å². The number of carbonyl (C=O) groups is 1. The normalized spacial score (nSPS) is 9.00. The van der Waals surface area contributed by atoms with Gasteiger partial charge < -0.3 is 5.11 Å². The van der Waals surface area contributed by atoms with Crippen LogP contribution < -0.4 is 0 Å². The zero-order chi connectivity index (χ0) is 10.6. The minimum atomic E-state index is -0.803. The van der Waals surface area contributed by atoms with Gasteiger partial charge in [0, 0.05) is 5.56 Å². The summed E-state index contributed by atoms with van der Waals surface area (Å²) in [5.41, 5.74) is 2.76. The number of carboxylic acid groups (broad SMARTS) is 1. The molecule has 0 heterocycles. The van der Waals surface area contributed by atoms with Gasteiger partial charge in [0.1, 0.15) is 0 Å². The lowest BCUT2D eigenvalue weighted by atomic mass is 10.0. The van der Waals surface area contributed by atoms with E-state index >= 15 is 0 Å². The van der Waals surface area contributed by atoms with Crippen molar-refractivity contribution in [1.29, 1.82) is 0 Å². The van der Waals surface area contributed by atoms with Gasteiger partial charge in [0.15, 0.2) is 0 Å². The fraction of sp³-hybridized carbons (Fsp3) is 0.250. The predicted molar refractivity (Wildman–Crippen MR) is 55.1 cm³/mol. The van der Waals surface area contributed by atoms with Crippen molar-refractivity contribution >= 4 is 5.97 Å². The standard InChI is InChI=1S/C12H12O2/c1-3-4-10-5-6-11(8-12(13)14)9(2)7-10/h5-7H,8H2,1-2H3,(H,13,14). The molecule has 0 radical (unpaired) electrons. The lowest BCUT2D eigenvalue weighted by molar-refractivity contribution is -0.136. The molecule has 0 fully saturated rings. The van der Waals surface area contributed by atoms with Crippen LogP contribution in [0.15, 0.2) is 18.2 Å². The summed E-state index contributed by atoms with van der Waals surface area (Å²) in [5.74, 6) is 4.93. The van der Waals surface area contributed by atoms with Gasteiger partial charge in [-0.3, -0.25) is 4.79 Å². The van der Waals surface area contributed by atoms with E-state index in [1.165, 1.54) is 0 Å². The largest absolute Gasteiger partial charge is 0.481 e. The molecule has 2 nitrogen and oxygen atoms in total. The molecule has 1 aromatic rings. The summed E-state index contributed by atoms with van der Waals surface area (Å²) in [6.07, 6.45) is 0.0751. The molecule has 0 saturated carbocycles. The van der Waals surface area contributed by atoms with Gasteiger partial charge in [0.25, 0.3) is 0 Å². The third-order valence-electron chi connectivity index (χ3n) is 1.95. The molecule has 0 aliphatic carbocycles. The van der Waals surface area contributed by atoms with Crippen LogP contribution in [0.2, 0.25) is 0 Å². The summed E-state index contributed by atoms with van der Waals surface area (Å²) in [7, 11) is 0. The quantitative estimate of drug-likeness (QED) is 0.721. The maximum Gasteiger partial charge on any atom is 0.307 e. The van der Waals surface area contributed by atoms with Gasteiger partial charge in [-0.05, 0) is 37.1 Å². The molecule has 1 aromatic carbocycles. The maximum absolute atomic E-state index is 10.5. The Bertz CT molecular complexity index is 408. The number of aryl methyl sites for hydroxylation is 1. The molecular weight excluding hydrogens is 176 g/mol. The molecule has 0 aromatic heterocycles. The van der Waals surface area contributed by atoms with Crippen LogP contribution >= 0.6 is 0 Å². The molecule has 0 aliphatic rings. The van der Waals surface area contributed by atoms with Crippen molar-refractivity contribution < 1.29 is 9.90 Å². The van der Waals surface area contributed by atoms with Crippen molar-refractivity contribution in [3.63, 3.8) is 0 Å². The Kier molecular flexibility index (Phi) is 3.30. The minimum absolute atomic E-state index is 0.0751. The zero-order valence-electron chi connectivity index (χ0n) is 8.29. The highest BCUT2D eigenvalue weighted by Crippen LogP contribution is 2.11. The fourth-order valence-electron chi connectivity index (χ4n) is 1.28. The molecule has 0 spiro atoms. The van der Waals surface area contributed by atoms with Crippen molar-refractivity contribution in [3.8, 4) is 11.8 Å². The second-order valence-electron chi connectivity index (χ2n) is 3.09. The second-order valence-corrected chi connectivity index (χ2v) is 3.09. The van der Waals surface area contributed by atoms with Crippen LogP contribution in [0, 0.1) is 18.8 Å². The Morgan fingerprint density at radius 1 is 1.50 bits per heavy atom. The Morgan fingerprint density at radius 2 is 2.21 bits per heavy atom. The highest BCUT2D eigenvalue weighted by Gasteiger charge is 2.03. The number of aliphatic carboxylic acids is 1. The van der Waals surface area contributed by atoms with Crippen LogP contribution in [0.5, 0.6) is 0 Å². The van der Waals surface area contributed by atoms with E-state index in [0.29, 0.717) is 0 Å². The third-order valence-corrected chi connectivity index (χ3v) is 1.95. The average molecular weight is 188 g/mol. The van der Waals surface area contributed by atoms with E-state index in [-0.39, 0.29) is 6.42 Å². The van der Waals surface area contributed by atoms with Gasteiger partial charge in [0.05, 0.1) is 6.42 Å². The van der Waals surface area contributed by atoms with Gasteiger partial charge in [0.2, 0.25) is 0 Å². The Hall–Kier alpha value is -1.75. The van der Waals surface area contributed by atoms with E-state index < -0.39 is 5.97 Å². The van der Waals surface area contributed by atoms with Gasteiger partial charge in [-0.15, -0.1) is 5.92 Å². The molecule has 14 heavy (non-hydrogen) atoms. The first-order valence-electron chi connectivity index (χ1n) is 4.37. The summed E-state index contributed by atoms with van der Waals surface area (Å²) >= 11 is 0. The molecule has 1 rings (SSSR count). The van der Waals surface area contributed by atoms with Gasteiger partial charge in [-0.25, -0.2) is 0 Å². The van der Waals surface area contributed by atoms with E-state index in [1.807, 2.05) is 25.1 Å². The first-order chi connectivity index (χ1) is 6.63. The molecule has 1 N–H and O–H groups in total. The highest BCUT2D eigenvalue weighted by molar-refractivity contribution is 5.70. The molecule has 0 bridgehead atoms. The van der Waals surface area contributed by atoms with Crippen molar-refractivity contribution in [2.75, 3.05) is 0 Å². The summed E-state index contributed by atoms with van der Waals surface area (Å²) in [5, 5.41) is 8.64. The van der Waals surface area contributed by atoms with Gasteiger partial charge >= 0.3 is 5.97 Å².